The zero-order valence-electron chi connectivity index (χ0n) is 8.00. The van der Waals surface area contributed by atoms with Crippen LogP contribution in [-0.2, 0) is 6.54 Å². The molecule has 0 unspecified atom stereocenters. The molecule has 15 heavy (non-hydrogen) atoms. The molecule has 2 aromatic rings. The van der Waals surface area contributed by atoms with Crippen LogP contribution in [-0.4, -0.2) is 9.78 Å². The molecule has 2 rings (SSSR count). The van der Waals surface area contributed by atoms with Crippen molar-refractivity contribution in [2.45, 2.75) is 13.5 Å². The van der Waals surface area contributed by atoms with Crippen molar-refractivity contribution < 1.29 is 0 Å². The molecular formula is C9H9ClIN3S. The summed E-state index contributed by atoms with van der Waals surface area (Å²) in [5.41, 5.74) is 6.89. The van der Waals surface area contributed by atoms with Crippen LogP contribution in [0, 0.1) is 10.5 Å². The van der Waals surface area contributed by atoms with Crippen LogP contribution >= 0.6 is 45.5 Å². The number of thiophene rings is 1. The summed E-state index contributed by atoms with van der Waals surface area (Å²) in [5.74, 6) is 0.720. The van der Waals surface area contributed by atoms with Crippen LogP contribution < -0.4 is 5.73 Å². The number of nitrogens with zero attached hydrogens (tertiary/aromatic N) is 2. The number of nitrogen functional groups attached to an aromatic ring is 1. The summed E-state index contributed by atoms with van der Waals surface area (Å²) in [5, 5.41) is 7.04. The number of anilines is 1. The molecule has 0 saturated carbocycles. The molecule has 80 valence electrons. The summed E-state index contributed by atoms with van der Waals surface area (Å²) in [7, 11) is 0. The van der Waals surface area contributed by atoms with Gasteiger partial charge in [-0.3, -0.25) is 0 Å². The Morgan fingerprint density at radius 1 is 1.67 bits per heavy atom. The number of hydrogen-bond donors (Lipinski definition) is 1. The fraction of sp³-hybridized carbons (Fsp3) is 0.222. The van der Waals surface area contributed by atoms with E-state index >= 15 is 0 Å². The molecular weight excluding hydrogens is 345 g/mol. The maximum Gasteiger partial charge on any atom is 0.135 e. The highest BCUT2D eigenvalue weighted by atomic mass is 127. The van der Waals surface area contributed by atoms with Gasteiger partial charge in [-0.25, -0.2) is 4.68 Å². The van der Waals surface area contributed by atoms with Crippen LogP contribution in [0.15, 0.2) is 11.4 Å². The van der Waals surface area contributed by atoms with E-state index in [9.17, 15) is 0 Å². The topological polar surface area (TPSA) is 43.8 Å². The third-order valence-corrected chi connectivity index (χ3v) is 4.62. The van der Waals surface area contributed by atoms with Crippen molar-refractivity contribution in [3.63, 3.8) is 0 Å². The van der Waals surface area contributed by atoms with Crippen LogP contribution in [0.5, 0.6) is 0 Å². The lowest BCUT2D eigenvalue weighted by Gasteiger charge is -2.00. The van der Waals surface area contributed by atoms with Gasteiger partial charge in [-0.05, 0) is 35.6 Å². The Bertz CT molecular complexity index is 492. The normalized spacial score (nSPS) is 10.9. The Balaban J connectivity index is 2.28. The molecule has 0 saturated heterocycles. The molecule has 0 amide bonds. The first-order valence-corrected chi connectivity index (χ1v) is 6.63. The van der Waals surface area contributed by atoms with Crippen LogP contribution in [0.4, 0.5) is 5.82 Å². The van der Waals surface area contributed by atoms with Gasteiger partial charge in [0.15, 0.2) is 0 Å². The van der Waals surface area contributed by atoms with E-state index in [-0.39, 0.29) is 0 Å². The number of aromatic nitrogens is 2. The molecule has 2 aromatic heterocycles. The highest BCUT2D eigenvalue weighted by Gasteiger charge is 2.10. The minimum atomic E-state index is 0.688. The fourth-order valence-corrected chi connectivity index (χ4v) is 2.72. The smallest absolute Gasteiger partial charge is 0.135 e. The average molecular weight is 354 g/mol. The highest BCUT2D eigenvalue weighted by molar-refractivity contribution is 14.1. The molecule has 0 atom stereocenters. The molecule has 0 aromatic carbocycles. The van der Waals surface area contributed by atoms with Crippen LogP contribution in [0.25, 0.3) is 0 Å². The third-order valence-electron chi connectivity index (χ3n) is 2.02. The molecule has 6 heteroatoms. The molecule has 0 radical (unpaired) electrons. The van der Waals surface area contributed by atoms with E-state index < -0.39 is 0 Å². The first-order valence-electron chi connectivity index (χ1n) is 4.29. The van der Waals surface area contributed by atoms with Gasteiger partial charge in [-0.15, -0.1) is 11.3 Å². The number of hydrogen-bond acceptors (Lipinski definition) is 3. The summed E-state index contributed by atoms with van der Waals surface area (Å²) in [6.45, 7) is 2.64. The molecule has 3 nitrogen and oxygen atoms in total. The predicted molar refractivity (Wildman–Crippen MR) is 72.5 cm³/mol. The van der Waals surface area contributed by atoms with Gasteiger partial charge in [-0.2, -0.15) is 5.10 Å². The van der Waals surface area contributed by atoms with Gasteiger partial charge in [0.25, 0.3) is 0 Å². The second-order valence-corrected chi connectivity index (χ2v) is 5.68. The Morgan fingerprint density at radius 3 is 2.87 bits per heavy atom. The summed E-state index contributed by atoms with van der Waals surface area (Å²) in [6, 6.07) is 1.94. The molecule has 2 heterocycles. The molecule has 0 spiro atoms. The van der Waals surface area contributed by atoms with E-state index in [1.54, 1.807) is 16.0 Å². The van der Waals surface area contributed by atoms with Gasteiger partial charge >= 0.3 is 0 Å². The second-order valence-electron chi connectivity index (χ2n) is 3.17. The average Bonchev–Trinajstić information content (AvgIpc) is 2.68. The van der Waals surface area contributed by atoms with E-state index in [1.165, 1.54) is 0 Å². The lowest BCUT2D eigenvalue weighted by Crippen LogP contribution is -2.05. The zero-order valence-corrected chi connectivity index (χ0v) is 11.7. The largest absolute Gasteiger partial charge is 0.383 e. The zero-order chi connectivity index (χ0) is 11.0. The fourth-order valence-electron chi connectivity index (χ4n) is 1.28. The number of aryl methyl sites for hydroxylation is 1. The van der Waals surface area contributed by atoms with Crippen molar-refractivity contribution in [3.05, 3.63) is 30.6 Å². The van der Waals surface area contributed by atoms with Crippen LogP contribution in [0.1, 0.15) is 10.6 Å². The van der Waals surface area contributed by atoms with E-state index in [0.29, 0.717) is 6.54 Å². The Labute approximate surface area is 110 Å². The maximum absolute atomic E-state index is 5.92. The summed E-state index contributed by atoms with van der Waals surface area (Å²) in [6.07, 6.45) is 0. The predicted octanol–water partition coefficient (Wildman–Crippen LogP) is 3.14. The van der Waals surface area contributed by atoms with Crippen molar-refractivity contribution in [1.82, 2.24) is 9.78 Å². The maximum atomic E-state index is 5.92. The number of halogens is 2. The Kier molecular flexibility index (Phi) is 3.22. The molecule has 0 aliphatic heterocycles. The first-order chi connectivity index (χ1) is 7.08. The van der Waals surface area contributed by atoms with Crippen molar-refractivity contribution in [2.24, 2.45) is 0 Å². The summed E-state index contributed by atoms with van der Waals surface area (Å²) in [4.78, 5) is 1.16. The van der Waals surface area contributed by atoms with Gasteiger partial charge in [-0.1, -0.05) is 11.6 Å². The molecule has 0 aliphatic carbocycles. The van der Waals surface area contributed by atoms with Crippen LogP contribution in [0.3, 0.4) is 0 Å². The van der Waals surface area contributed by atoms with Gasteiger partial charge in [0.05, 0.1) is 20.8 Å². The van der Waals surface area contributed by atoms with E-state index in [0.717, 1.165) is 25.0 Å². The molecule has 0 aliphatic rings. The minimum Gasteiger partial charge on any atom is -0.383 e. The van der Waals surface area contributed by atoms with Crippen LogP contribution in [0.2, 0.25) is 5.02 Å². The Morgan fingerprint density at radius 2 is 2.40 bits per heavy atom. The highest BCUT2D eigenvalue weighted by Crippen LogP contribution is 2.23. The summed E-state index contributed by atoms with van der Waals surface area (Å²) < 4.78 is 2.83. The number of rotatable bonds is 2. The van der Waals surface area contributed by atoms with Gasteiger partial charge in [0, 0.05) is 10.3 Å². The molecule has 0 fully saturated rings. The quantitative estimate of drug-likeness (QED) is 0.843. The van der Waals surface area contributed by atoms with Gasteiger partial charge < -0.3 is 5.73 Å². The van der Waals surface area contributed by atoms with E-state index in [2.05, 4.69) is 27.7 Å². The first kappa shape index (κ1) is 11.2. The van der Waals surface area contributed by atoms with Crippen molar-refractivity contribution in [1.29, 1.82) is 0 Å². The monoisotopic (exact) mass is 353 g/mol. The standard InChI is InChI=1S/C9H9ClIN3S/c1-5-8(11)9(12)14(13-5)3-7-2-6(10)4-15-7/h2,4H,3,12H2,1H3. The number of nitrogens with two attached hydrogens (primary N) is 1. The van der Waals surface area contributed by atoms with Crippen molar-refractivity contribution in [3.8, 4) is 0 Å². The SMILES string of the molecule is Cc1nn(Cc2cc(Cl)cs2)c(N)c1I. The van der Waals surface area contributed by atoms with Gasteiger partial charge in [0.1, 0.15) is 5.82 Å². The second kappa shape index (κ2) is 4.31. The third kappa shape index (κ3) is 2.29. The summed E-state index contributed by atoms with van der Waals surface area (Å²) >= 11 is 9.67. The van der Waals surface area contributed by atoms with Crippen molar-refractivity contribution in [2.75, 3.05) is 5.73 Å². The van der Waals surface area contributed by atoms with E-state index in [1.807, 2.05) is 18.4 Å². The molecule has 0 bridgehead atoms. The van der Waals surface area contributed by atoms with Gasteiger partial charge in [0.2, 0.25) is 0 Å². The molecule has 2 N–H and O–H groups in total. The Hall–Kier alpha value is -0.270. The van der Waals surface area contributed by atoms with Crippen molar-refractivity contribution >= 4 is 51.3 Å². The van der Waals surface area contributed by atoms with E-state index in [4.69, 9.17) is 17.3 Å². The minimum absolute atomic E-state index is 0.688. The lowest BCUT2D eigenvalue weighted by atomic mass is 10.4. The lowest BCUT2D eigenvalue weighted by molar-refractivity contribution is 0.697.